The first-order chi connectivity index (χ1) is 7.95. The summed E-state index contributed by atoms with van der Waals surface area (Å²) in [4.78, 5) is 22.9. The van der Waals surface area contributed by atoms with Crippen LogP contribution in [0.15, 0.2) is 15.2 Å². The van der Waals surface area contributed by atoms with E-state index in [1.165, 1.54) is 11.3 Å². The van der Waals surface area contributed by atoms with Gasteiger partial charge in [-0.2, -0.15) is 0 Å². The average Bonchev–Trinajstić information content (AvgIpc) is 2.71. The Morgan fingerprint density at radius 2 is 2.24 bits per heavy atom. The molecule has 4 nitrogen and oxygen atoms in total. The van der Waals surface area contributed by atoms with Crippen molar-refractivity contribution < 1.29 is 14.7 Å². The monoisotopic (exact) mass is 319 g/mol. The van der Waals surface area contributed by atoms with E-state index in [1.54, 1.807) is 11.4 Å². The van der Waals surface area contributed by atoms with Crippen molar-refractivity contribution >= 4 is 39.1 Å². The van der Waals surface area contributed by atoms with E-state index in [0.29, 0.717) is 12.0 Å². The molecule has 0 saturated heterocycles. The molecular formula is C11H14BrNO3S. The fourth-order valence-corrected chi connectivity index (χ4v) is 2.47. The second kappa shape index (κ2) is 6.16. The van der Waals surface area contributed by atoms with E-state index in [0.717, 1.165) is 3.79 Å². The van der Waals surface area contributed by atoms with Gasteiger partial charge in [0.15, 0.2) is 0 Å². The molecule has 1 aromatic heterocycles. The molecule has 0 aliphatic heterocycles. The molecule has 0 aromatic carbocycles. The fraction of sp³-hybridized carbons (Fsp3) is 0.455. The van der Waals surface area contributed by atoms with E-state index in [1.807, 2.05) is 13.8 Å². The third kappa shape index (κ3) is 3.81. The first-order valence-corrected chi connectivity index (χ1v) is 6.90. The highest BCUT2D eigenvalue weighted by atomic mass is 79.9. The van der Waals surface area contributed by atoms with Gasteiger partial charge in [0.05, 0.1) is 9.35 Å². The largest absolute Gasteiger partial charge is 0.480 e. The summed E-state index contributed by atoms with van der Waals surface area (Å²) in [6, 6.07) is 0.835. The van der Waals surface area contributed by atoms with Crippen LogP contribution in [-0.4, -0.2) is 23.0 Å². The Bertz CT molecular complexity index is 419. The van der Waals surface area contributed by atoms with Crippen LogP contribution in [0.4, 0.5) is 0 Å². The molecule has 0 fully saturated rings. The first-order valence-electron chi connectivity index (χ1n) is 5.23. The summed E-state index contributed by atoms with van der Waals surface area (Å²) in [5.74, 6) is -1.44. The molecule has 0 spiro atoms. The third-order valence-electron chi connectivity index (χ3n) is 2.60. The summed E-state index contributed by atoms with van der Waals surface area (Å²) in [6.07, 6.45) is 0.699. The van der Waals surface area contributed by atoms with E-state index in [9.17, 15) is 9.59 Å². The van der Waals surface area contributed by atoms with Crippen molar-refractivity contribution in [2.24, 2.45) is 5.92 Å². The summed E-state index contributed by atoms with van der Waals surface area (Å²) in [7, 11) is 0. The molecule has 2 atom stereocenters. The van der Waals surface area contributed by atoms with Gasteiger partial charge < -0.3 is 10.4 Å². The number of aliphatic carboxylic acids is 1. The zero-order chi connectivity index (χ0) is 13.0. The van der Waals surface area contributed by atoms with Crippen molar-refractivity contribution in [3.63, 3.8) is 0 Å². The molecule has 1 rings (SSSR count). The summed E-state index contributed by atoms with van der Waals surface area (Å²) in [6.45, 7) is 3.70. The molecule has 0 radical (unpaired) electrons. The maximum atomic E-state index is 11.8. The van der Waals surface area contributed by atoms with Gasteiger partial charge in [0.2, 0.25) is 0 Å². The van der Waals surface area contributed by atoms with Crippen LogP contribution in [-0.2, 0) is 4.79 Å². The topological polar surface area (TPSA) is 66.4 Å². The summed E-state index contributed by atoms with van der Waals surface area (Å²) >= 11 is 4.65. The van der Waals surface area contributed by atoms with Gasteiger partial charge in [-0.15, -0.1) is 11.3 Å². The molecule has 17 heavy (non-hydrogen) atoms. The van der Waals surface area contributed by atoms with Crippen LogP contribution in [0, 0.1) is 5.92 Å². The van der Waals surface area contributed by atoms with Crippen LogP contribution < -0.4 is 5.32 Å². The van der Waals surface area contributed by atoms with Gasteiger partial charge >= 0.3 is 5.97 Å². The smallest absolute Gasteiger partial charge is 0.326 e. The lowest BCUT2D eigenvalue weighted by Crippen LogP contribution is -2.44. The molecule has 6 heteroatoms. The predicted octanol–water partition coefficient (Wildman–Crippen LogP) is 2.74. The van der Waals surface area contributed by atoms with Crippen LogP contribution >= 0.6 is 27.3 Å². The number of carbonyl (C=O) groups is 2. The van der Waals surface area contributed by atoms with E-state index in [-0.39, 0.29) is 11.8 Å². The Morgan fingerprint density at radius 3 is 2.65 bits per heavy atom. The van der Waals surface area contributed by atoms with Gasteiger partial charge in [-0.25, -0.2) is 4.79 Å². The molecule has 1 unspecified atom stereocenters. The van der Waals surface area contributed by atoms with Gasteiger partial charge in [-0.1, -0.05) is 20.3 Å². The van der Waals surface area contributed by atoms with Crippen molar-refractivity contribution in [3.05, 3.63) is 20.8 Å². The van der Waals surface area contributed by atoms with Gasteiger partial charge in [-0.3, -0.25) is 4.79 Å². The molecule has 1 aromatic rings. The lowest BCUT2D eigenvalue weighted by molar-refractivity contribution is -0.140. The van der Waals surface area contributed by atoms with Crippen molar-refractivity contribution in [3.8, 4) is 0 Å². The molecule has 2 N–H and O–H groups in total. The van der Waals surface area contributed by atoms with Crippen LogP contribution in [0.2, 0.25) is 0 Å². The number of halogens is 1. The number of nitrogens with one attached hydrogen (secondary N) is 1. The van der Waals surface area contributed by atoms with E-state index in [2.05, 4.69) is 21.2 Å². The van der Waals surface area contributed by atoms with E-state index >= 15 is 0 Å². The number of hydrogen-bond acceptors (Lipinski definition) is 3. The van der Waals surface area contributed by atoms with Crippen LogP contribution in [0.5, 0.6) is 0 Å². The maximum absolute atomic E-state index is 11.8. The van der Waals surface area contributed by atoms with Crippen molar-refractivity contribution in [1.82, 2.24) is 5.32 Å². The number of hydrogen-bond donors (Lipinski definition) is 2. The Hall–Kier alpha value is -0.880. The molecule has 1 amide bonds. The number of carboxylic acids is 1. The Morgan fingerprint density at radius 1 is 1.59 bits per heavy atom. The van der Waals surface area contributed by atoms with Crippen LogP contribution in [0.25, 0.3) is 0 Å². The number of carbonyl (C=O) groups excluding carboxylic acids is 1. The van der Waals surface area contributed by atoms with Gasteiger partial charge in [-0.05, 0) is 27.9 Å². The van der Waals surface area contributed by atoms with Crippen LogP contribution in [0.3, 0.4) is 0 Å². The lowest BCUT2D eigenvalue weighted by Gasteiger charge is -2.19. The van der Waals surface area contributed by atoms with Gasteiger partial charge in [0.1, 0.15) is 6.04 Å². The number of amides is 1. The summed E-state index contributed by atoms with van der Waals surface area (Å²) < 4.78 is 0.845. The minimum Gasteiger partial charge on any atom is -0.480 e. The van der Waals surface area contributed by atoms with Crippen molar-refractivity contribution in [2.45, 2.75) is 26.3 Å². The molecule has 0 saturated carbocycles. The molecule has 1 heterocycles. The van der Waals surface area contributed by atoms with Gasteiger partial charge in [0.25, 0.3) is 5.91 Å². The van der Waals surface area contributed by atoms with Crippen LogP contribution in [0.1, 0.15) is 30.6 Å². The second-order valence-electron chi connectivity index (χ2n) is 3.81. The second-order valence-corrected chi connectivity index (χ2v) is 6.10. The Labute approximate surface area is 112 Å². The SMILES string of the molecule is CCC(C)[C@H](NC(=O)c1csc(Br)c1)C(=O)O. The third-order valence-corrected chi connectivity index (χ3v) is 4.10. The predicted molar refractivity (Wildman–Crippen MR) is 70.4 cm³/mol. The highest BCUT2D eigenvalue weighted by Crippen LogP contribution is 2.21. The van der Waals surface area contributed by atoms with Crippen molar-refractivity contribution in [2.75, 3.05) is 0 Å². The molecule has 94 valence electrons. The van der Waals surface area contributed by atoms with E-state index in [4.69, 9.17) is 5.11 Å². The highest BCUT2D eigenvalue weighted by molar-refractivity contribution is 9.11. The maximum Gasteiger partial charge on any atom is 0.326 e. The number of rotatable bonds is 5. The van der Waals surface area contributed by atoms with Crippen molar-refractivity contribution in [1.29, 1.82) is 0 Å². The molecular weight excluding hydrogens is 306 g/mol. The minimum atomic E-state index is -0.998. The minimum absolute atomic E-state index is 0.0986. The van der Waals surface area contributed by atoms with Gasteiger partial charge in [0, 0.05) is 5.38 Å². The normalized spacial score (nSPS) is 14.1. The Kier molecular flexibility index (Phi) is 5.14. The quantitative estimate of drug-likeness (QED) is 0.877. The summed E-state index contributed by atoms with van der Waals surface area (Å²) in [5.41, 5.74) is 0.483. The standard InChI is InChI=1S/C11H14BrNO3S/c1-3-6(2)9(11(15)16)13-10(14)7-4-8(12)17-5-7/h4-6,9H,3H2,1-2H3,(H,13,14)(H,15,16)/t6?,9-/m0/s1. The number of carboxylic acid groups (broad SMARTS) is 1. The molecule has 0 aliphatic carbocycles. The number of thiophene rings is 1. The zero-order valence-electron chi connectivity index (χ0n) is 9.57. The zero-order valence-corrected chi connectivity index (χ0v) is 12.0. The average molecular weight is 320 g/mol. The van der Waals surface area contributed by atoms with E-state index < -0.39 is 12.0 Å². The molecule has 0 aliphatic rings. The first kappa shape index (κ1) is 14.2. The lowest BCUT2D eigenvalue weighted by atomic mass is 9.99. The Balaban J connectivity index is 2.74. The molecule has 0 bridgehead atoms. The highest BCUT2D eigenvalue weighted by Gasteiger charge is 2.25. The summed E-state index contributed by atoms with van der Waals surface area (Å²) in [5, 5.41) is 13.3. The fourth-order valence-electron chi connectivity index (χ4n) is 1.34.